The van der Waals surface area contributed by atoms with E-state index in [0.29, 0.717) is 31.6 Å². The summed E-state index contributed by atoms with van der Waals surface area (Å²) in [5.74, 6) is -0.161. The molecule has 1 aromatic rings. The average Bonchev–Trinajstić information content (AvgIpc) is 3.42. The lowest BCUT2D eigenvalue weighted by Gasteiger charge is -2.28. The van der Waals surface area contributed by atoms with Gasteiger partial charge in [0.05, 0.1) is 11.8 Å². The zero-order valence-electron chi connectivity index (χ0n) is 16.1. The van der Waals surface area contributed by atoms with Gasteiger partial charge in [-0.1, -0.05) is 12.8 Å². The molecule has 1 aliphatic heterocycles. The van der Waals surface area contributed by atoms with Gasteiger partial charge in [0.15, 0.2) is 0 Å². The number of furan rings is 1. The first-order valence-corrected chi connectivity index (χ1v) is 9.97. The molecule has 7 nitrogen and oxygen atoms in total. The Kier molecular flexibility index (Phi) is 6.19. The highest BCUT2D eigenvalue weighted by Gasteiger charge is 2.42. The van der Waals surface area contributed by atoms with E-state index in [0.717, 1.165) is 25.7 Å². The van der Waals surface area contributed by atoms with Gasteiger partial charge in [0, 0.05) is 31.6 Å². The van der Waals surface area contributed by atoms with Crippen LogP contribution in [0.15, 0.2) is 23.0 Å². The molecule has 148 valence electrons. The van der Waals surface area contributed by atoms with Gasteiger partial charge in [-0.05, 0) is 39.2 Å². The van der Waals surface area contributed by atoms with E-state index in [-0.39, 0.29) is 29.7 Å². The maximum atomic E-state index is 13.0. The predicted octanol–water partition coefficient (Wildman–Crippen LogP) is 2.04. The maximum Gasteiger partial charge on any atom is 0.257 e. The topological polar surface area (TPSA) is 82.9 Å². The molecular weight excluding hydrogens is 346 g/mol. The van der Waals surface area contributed by atoms with Gasteiger partial charge in [-0.25, -0.2) is 0 Å². The molecule has 1 aliphatic carbocycles. The van der Waals surface area contributed by atoms with Crippen LogP contribution in [-0.4, -0.2) is 59.2 Å². The summed E-state index contributed by atoms with van der Waals surface area (Å²) in [5.41, 5.74) is 0.426. The number of amides is 3. The van der Waals surface area contributed by atoms with E-state index in [1.807, 2.05) is 13.8 Å². The number of rotatable bonds is 6. The Hall–Kier alpha value is -2.31. The number of nitrogens with zero attached hydrogens (tertiary/aromatic N) is 2. The lowest BCUT2D eigenvalue weighted by Crippen LogP contribution is -2.47. The molecule has 7 heteroatoms. The molecule has 2 fully saturated rings. The lowest BCUT2D eigenvalue weighted by molar-refractivity contribution is -0.135. The molecule has 1 N–H and O–H groups in total. The zero-order chi connectivity index (χ0) is 19.4. The molecule has 2 heterocycles. The first-order chi connectivity index (χ1) is 13.0. The standard InChI is InChI=1S/C20H29N3O4/c1-3-22(4-2)20(26)17-11-16(21-18(24)14-7-5-6-8-14)12-23(17)19(25)15-9-10-27-13-15/h9-10,13-14,16-17H,3-8,11-12H2,1-2H3,(H,21,24)/t16-,17-/m0/s1. The fourth-order valence-electron chi connectivity index (χ4n) is 4.20. The lowest BCUT2D eigenvalue weighted by atomic mass is 10.1. The van der Waals surface area contributed by atoms with Gasteiger partial charge in [0.1, 0.15) is 12.3 Å². The van der Waals surface area contributed by atoms with Crippen molar-refractivity contribution in [3.05, 3.63) is 24.2 Å². The molecule has 1 saturated heterocycles. The van der Waals surface area contributed by atoms with Crippen LogP contribution < -0.4 is 5.32 Å². The second kappa shape index (κ2) is 8.59. The van der Waals surface area contributed by atoms with Crippen LogP contribution in [0.1, 0.15) is 56.3 Å². The number of likely N-dealkylation sites (N-methyl/N-ethyl adjacent to an activating group) is 1. The highest BCUT2D eigenvalue weighted by Crippen LogP contribution is 2.27. The van der Waals surface area contributed by atoms with Crippen LogP contribution >= 0.6 is 0 Å². The van der Waals surface area contributed by atoms with E-state index < -0.39 is 6.04 Å². The molecule has 0 aromatic carbocycles. The van der Waals surface area contributed by atoms with Gasteiger partial charge < -0.3 is 19.5 Å². The van der Waals surface area contributed by atoms with E-state index in [1.54, 1.807) is 15.9 Å². The molecule has 2 atom stereocenters. The second-order valence-corrected chi connectivity index (χ2v) is 7.42. The Balaban J connectivity index is 1.74. The van der Waals surface area contributed by atoms with E-state index in [2.05, 4.69) is 5.32 Å². The minimum atomic E-state index is -0.554. The number of carbonyl (C=O) groups excluding carboxylic acids is 3. The molecule has 1 saturated carbocycles. The molecule has 0 spiro atoms. The first-order valence-electron chi connectivity index (χ1n) is 9.97. The van der Waals surface area contributed by atoms with Gasteiger partial charge in [0.2, 0.25) is 11.8 Å². The summed E-state index contributed by atoms with van der Waals surface area (Å²) in [5, 5.41) is 3.08. The van der Waals surface area contributed by atoms with Crippen LogP contribution in [0.25, 0.3) is 0 Å². The Morgan fingerprint density at radius 1 is 1.22 bits per heavy atom. The Morgan fingerprint density at radius 2 is 1.93 bits per heavy atom. The predicted molar refractivity (Wildman–Crippen MR) is 100.0 cm³/mol. The van der Waals surface area contributed by atoms with Gasteiger partial charge >= 0.3 is 0 Å². The molecule has 0 radical (unpaired) electrons. The zero-order valence-corrected chi connectivity index (χ0v) is 16.1. The summed E-state index contributed by atoms with van der Waals surface area (Å²) in [4.78, 5) is 41.7. The summed E-state index contributed by atoms with van der Waals surface area (Å²) < 4.78 is 5.03. The number of hydrogen-bond donors (Lipinski definition) is 1. The molecule has 2 aliphatic rings. The largest absolute Gasteiger partial charge is 0.472 e. The van der Waals surface area contributed by atoms with Crippen molar-refractivity contribution >= 4 is 17.7 Å². The van der Waals surface area contributed by atoms with Gasteiger partial charge in [-0.2, -0.15) is 0 Å². The number of carbonyl (C=O) groups is 3. The quantitative estimate of drug-likeness (QED) is 0.825. The van der Waals surface area contributed by atoms with Gasteiger partial charge in [0.25, 0.3) is 5.91 Å². The molecule has 0 unspecified atom stereocenters. The molecule has 27 heavy (non-hydrogen) atoms. The van der Waals surface area contributed by atoms with Crippen molar-refractivity contribution in [1.82, 2.24) is 15.1 Å². The van der Waals surface area contributed by atoms with Crippen LogP contribution in [-0.2, 0) is 9.59 Å². The van der Waals surface area contributed by atoms with Crippen LogP contribution in [0.5, 0.6) is 0 Å². The second-order valence-electron chi connectivity index (χ2n) is 7.42. The Labute approximate surface area is 160 Å². The van der Waals surface area contributed by atoms with Crippen LogP contribution in [0, 0.1) is 5.92 Å². The summed E-state index contributed by atoms with van der Waals surface area (Å²) in [7, 11) is 0. The Morgan fingerprint density at radius 3 is 2.52 bits per heavy atom. The van der Waals surface area contributed by atoms with E-state index in [4.69, 9.17) is 4.42 Å². The molecule has 1 aromatic heterocycles. The molecule has 0 bridgehead atoms. The summed E-state index contributed by atoms with van der Waals surface area (Å²) in [6, 6.07) is 0.853. The summed E-state index contributed by atoms with van der Waals surface area (Å²) in [6.07, 6.45) is 7.34. The minimum absolute atomic E-state index is 0.0594. The average molecular weight is 375 g/mol. The van der Waals surface area contributed by atoms with Gasteiger partial charge in [-0.3, -0.25) is 14.4 Å². The van der Waals surface area contributed by atoms with E-state index in [1.165, 1.54) is 12.5 Å². The number of nitrogens with one attached hydrogen (secondary N) is 1. The van der Waals surface area contributed by atoms with Crippen molar-refractivity contribution in [1.29, 1.82) is 0 Å². The molecule has 3 rings (SSSR count). The van der Waals surface area contributed by atoms with Crippen molar-refractivity contribution < 1.29 is 18.8 Å². The van der Waals surface area contributed by atoms with Gasteiger partial charge in [-0.15, -0.1) is 0 Å². The third kappa shape index (κ3) is 4.17. The van der Waals surface area contributed by atoms with Crippen molar-refractivity contribution in [3.8, 4) is 0 Å². The summed E-state index contributed by atoms with van der Waals surface area (Å²) >= 11 is 0. The van der Waals surface area contributed by atoms with Crippen LogP contribution in [0.2, 0.25) is 0 Å². The fraction of sp³-hybridized carbons (Fsp3) is 0.650. The number of likely N-dealkylation sites (tertiary alicyclic amines) is 1. The highest BCUT2D eigenvalue weighted by molar-refractivity contribution is 5.98. The SMILES string of the molecule is CCN(CC)C(=O)[C@@H]1C[C@H](NC(=O)C2CCCC2)CN1C(=O)c1ccoc1. The van der Waals surface area contributed by atoms with Crippen molar-refractivity contribution in [2.24, 2.45) is 5.92 Å². The van der Waals surface area contributed by atoms with Crippen molar-refractivity contribution in [2.45, 2.75) is 58.0 Å². The molecular formula is C20H29N3O4. The third-order valence-electron chi connectivity index (χ3n) is 5.76. The monoisotopic (exact) mass is 375 g/mol. The van der Waals surface area contributed by atoms with E-state index >= 15 is 0 Å². The van der Waals surface area contributed by atoms with Crippen molar-refractivity contribution in [2.75, 3.05) is 19.6 Å². The smallest absolute Gasteiger partial charge is 0.257 e. The minimum Gasteiger partial charge on any atom is -0.472 e. The van der Waals surface area contributed by atoms with Crippen LogP contribution in [0.4, 0.5) is 0 Å². The third-order valence-corrected chi connectivity index (χ3v) is 5.76. The normalized spacial score (nSPS) is 22.8. The van der Waals surface area contributed by atoms with E-state index in [9.17, 15) is 14.4 Å². The van der Waals surface area contributed by atoms with Crippen molar-refractivity contribution in [3.63, 3.8) is 0 Å². The highest BCUT2D eigenvalue weighted by atomic mass is 16.3. The number of hydrogen-bond acceptors (Lipinski definition) is 4. The first kappa shape index (κ1) is 19.5. The maximum absolute atomic E-state index is 13.0. The molecule has 3 amide bonds. The van der Waals surface area contributed by atoms with Crippen LogP contribution in [0.3, 0.4) is 0 Å². The Bertz CT molecular complexity index is 663. The fourth-order valence-corrected chi connectivity index (χ4v) is 4.20. The summed E-state index contributed by atoms with van der Waals surface area (Å²) in [6.45, 7) is 5.40.